The SMILES string of the molecule is CCCN(C(=O)c1cn2cc(-c3ccc(Cl)cc3)sc2n1)[C@H](C)[C@](O)(Cn1cncn1)c1ccc(F)cc1F. The summed E-state index contributed by atoms with van der Waals surface area (Å²) in [5.41, 5.74) is -0.954. The molecule has 3 aromatic heterocycles. The summed E-state index contributed by atoms with van der Waals surface area (Å²) in [5, 5.41) is 16.7. The van der Waals surface area contributed by atoms with Crippen molar-refractivity contribution in [3.05, 3.63) is 95.4 Å². The Hall–Kier alpha value is -3.67. The van der Waals surface area contributed by atoms with Gasteiger partial charge in [0.15, 0.2) is 4.96 Å². The molecule has 1 amide bonds. The first-order valence-corrected chi connectivity index (χ1v) is 13.4. The molecule has 2 atom stereocenters. The number of amides is 1. The van der Waals surface area contributed by atoms with Crippen molar-refractivity contribution in [1.82, 2.24) is 29.0 Å². The van der Waals surface area contributed by atoms with Crippen molar-refractivity contribution in [3.8, 4) is 10.4 Å². The summed E-state index contributed by atoms with van der Waals surface area (Å²) in [6, 6.07) is 9.47. The van der Waals surface area contributed by atoms with Gasteiger partial charge in [-0.25, -0.2) is 23.4 Å². The van der Waals surface area contributed by atoms with E-state index in [1.54, 1.807) is 17.5 Å². The first-order valence-electron chi connectivity index (χ1n) is 12.3. The molecule has 0 spiro atoms. The van der Waals surface area contributed by atoms with Gasteiger partial charge in [0.25, 0.3) is 5.91 Å². The third kappa shape index (κ3) is 5.29. The Morgan fingerprint density at radius 1 is 1.21 bits per heavy atom. The average molecular weight is 571 g/mol. The Morgan fingerprint density at radius 2 is 1.97 bits per heavy atom. The number of hydrogen-bond acceptors (Lipinski definition) is 6. The molecular formula is C27H25ClF2N6O2S. The Balaban J connectivity index is 1.49. The predicted molar refractivity (Wildman–Crippen MR) is 145 cm³/mol. The molecule has 3 heterocycles. The lowest BCUT2D eigenvalue weighted by Crippen LogP contribution is -2.54. The summed E-state index contributed by atoms with van der Waals surface area (Å²) in [7, 11) is 0. The molecule has 0 fully saturated rings. The van der Waals surface area contributed by atoms with Crippen LogP contribution in [-0.2, 0) is 12.1 Å². The zero-order valence-corrected chi connectivity index (χ0v) is 22.7. The maximum absolute atomic E-state index is 15.0. The number of nitrogens with zero attached hydrogens (tertiary/aromatic N) is 6. The van der Waals surface area contributed by atoms with Gasteiger partial charge in [0, 0.05) is 35.6 Å². The van der Waals surface area contributed by atoms with Gasteiger partial charge in [0.2, 0.25) is 0 Å². The van der Waals surface area contributed by atoms with Crippen LogP contribution in [0.15, 0.2) is 67.5 Å². The van der Waals surface area contributed by atoms with Gasteiger partial charge in [-0.15, -0.1) is 0 Å². The molecule has 0 aliphatic heterocycles. The second kappa shape index (κ2) is 10.8. The molecule has 39 heavy (non-hydrogen) atoms. The number of fused-ring (bicyclic) bond motifs is 1. The fourth-order valence-electron chi connectivity index (χ4n) is 4.61. The van der Waals surface area contributed by atoms with E-state index in [4.69, 9.17) is 11.6 Å². The lowest BCUT2D eigenvalue weighted by Gasteiger charge is -2.41. The van der Waals surface area contributed by atoms with E-state index in [-0.39, 0.29) is 24.3 Å². The second-order valence-corrected chi connectivity index (χ2v) is 10.7. The van der Waals surface area contributed by atoms with Crippen LogP contribution in [0.1, 0.15) is 36.3 Å². The number of hydrogen-bond donors (Lipinski definition) is 1. The van der Waals surface area contributed by atoms with Gasteiger partial charge in [0.05, 0.1) is 17.5 Å². The van der Waals surface area contributed by atoms with Gasteiger partial charge in [-0.1, -0.05) is 48.1 Å². The normalized spacial score (nSPS) is 13.9. The number of imidazole rings is 1. The molecule has 0 aliphatic carbocycles. The highest BCUT2D eigenvalue weighted by atomic mass is 35.5. The standard InChI is InChI=1S/C27H25ClF2N6O2S/c1-3-10-36(17(2)27(38,14-35-16-31-15-32-35)21-9-8-20(29)11-22(21)30)25(37)23-12-34-13-24(39-26(34)33-23)18-4-6-19(28)7-5-18/h4-9,11-13,15-17,38H,3,10,14H2,1-2H3/t17-,27-/m1/s1. The van der Waals surface area contributed by atoms with E-state index in [0.29, 0.717) is 22.5 Å². The molecule has 2 aromatic carbocycles. The highest BCUT2D eigenvalue weighted by molar-refractivity contribution is 7.20. The zero-order chi connectivity index (χ0) is 27.7. The van der Waals surface area contributed by atoms with Crippen molar-refractivity contribution in [2.75, 3.05) is 6.54 Å². The van der Waals surface area contributed by atoms with E-state index in [1.807, 2.05) is 37.4 Å². The van der Waals surface area contributed by atoms with Crippen LogP contribution >= 0.6 is 22.9 Å². The first-order chi connectivity index (χ1) is 18.7. The van der Waals surface area contributed by atoms with Crippen LogP contribution in [0.25, 0.3) is 15.4 Å². The number of aromatic nitrogens is 5. The Morgan fingerprint density at radius 3 is 2.62 bits per heavy atom. The van der Waals surface area contributed by atoms with Crippen molar-refractivity contribution in [2.45, 2.75) is 38.5 Å². The molecule has 0 aliphatic rings. The fourth-order valence-corrected chi connectivity index (χ4v) is 5.71. The molecule has 0 bridgehead atoms. The third-order valence-electron chi connectivity index (χ3n) is 6.65. The highest BCUT2D eigenvalue weighted by Gasteiger charge is 2.44. The number of carbonyl (C=O) groups is 1. The van der Waals surface area contributed by atoms with Crippen molar-refractivity contribution in [2.24, 2.45) is 0 Å². The lowest BCUT2D eigenvalue weighted by molar-refractivity contribution is -0.0557. The van der Waals surface area contributed by atoms with E-state index < -0.39 is 29.2 Å². The fraction of sp³-hybridized carbons (Fsp3) is 0.259. The number of benzene rings is 2. The molecular weight excluding hydrogens is 546 g/mol. The maximum atomic E-state index is 15.0. The number of rotatable bonds is 9. The van der Waals surface area contributed by atoms with E-state index in [9.17, 15) is 14.3 Å². The van der Waals surface area contributed by atoms with E-state index >= 15 is 4.39 Å². The topological polar surface area (TPSA) is 88.5 Å². The van der Waals surface area contributed by atoms with Crippen LogP contribution in [0, 0.1) is 11.6 Å². The Kier molecular flexibility index (Phi) is 7.48. The number of thiazole rings is 1. The van der Waals surface area contributed by atoms with Crippen molar-refractivity contribution in [1.29, 1.82) is 0 Å². The quantitative estimate of drug-likeness (QED) is 0.256. The van der Waals surface area contributed by atoms with E-state index in [0.717, 1.165) is 16.5 Å². The molecule has 5 aromatic rings. The van der Waals surface area contributed by atoms with Crippen molar-refractivity contribution >= 4 is 33.8 Å². The van der Waals surface area contributed by atoms with Gasteiger partial charge in [-0.3, -0.25) is 9.20 Å². The average Bonchev–Trinajstić information content (AvgIpc) is 3.64. The molecule has 0 radical (unpaired) electrons. The van der Waals surface area contributed by atoms with Gasteiger partial charge >= 0.3 is 0 Å². The largest absolute Gasteiger partial charge is 0.381 e. The summed E-state index contributed by atoms with van der Waals surface area (Å²) < 4.78 is 31.9. The molecule has 0 saturated heterocycles. The maximum Gasteiger partial charge on any atom is 0.274 e. The number of carbonyl (C=O) groups excluding carboxylic acids is 1. The van der Waals surface area contributed by atoms with Crippen LogP contribution in [0.5, 0.6) is 0 Å². The van der Waals surface area contributed by atoms with Crippen LogP contribution in [0.3, 0.4) is 0 Å². The first kappa shape index (κ1) is 26.9. The van der Waals surface area contributed by atoms with Crippen LogP contribution in [0.2, 0.25) is 5.02 Å². The summed E-state index contributed by atoms with van der Waals surface area (Å²) >= 11 is 7.42. The van der Waals surface area contributed by atoms with Crippen LogP contribution in [-0.4, -0.2) is 52.6 Å². The van der Waals surface area contributed by atoms with E-state index in [2.05, 4.69) is 15.1 Å². The summed E-state index contributed by atoms with van der Waals surface area (Å²) in [6.07, 6.45) is 6.77. The minimum Gasteiger partial charge on any atom is -0.381 e. The minimum atomic E-state index is -1.96. The number of halogens is 3. The predicted octanol–water partition coefficient (Wildman–Crippen LogP) is 5.41. The van der Waals surface area contributed by atoms with Gasteiger partial charge < -0.3 is 10.0 Å². The third-order valence-corrected chi connectivity index (χ3v) is 7.95. The zero-order valence-electron chi connectivity index (χ0n) is 21.1. The van der Waals surface area contributed by atoms with Gasteiger partial charge in [-0.2, -0.15) is 5.10 Å². The van der Waals surface area contributed by atoms with Crippen molar-refractivity contribution in [3.63, 3.8) is 0 Å². The molecule has 1 N–H and O–H groups in total. The Labute approximate surface area is 232 Å². The summed E-state index contributed by atoms with van der Waals surface area (Å²) in [6.45, 7) is 3.58. The van der Waals surface area contributed by atoms with Crippen LogP contribution < -0.4 is 0 Å². The van der Waals surface area contributed by atoms with Crippen molar-refractivity contribution < 1.29 is 18.7 Å². The van der Waals surface area contributed by atoms with Gasteiger partial charge in [0.1, 0.15) is 35.6 Å². The molecule has 0 unspecified atom stereocenters. The van der Waals surface area contributed by atoms with Gasteiger partial charge in [-0.05, 0) is 37.1 Å². The van der Waals surface area contributed by atoms with E-state index in [1.165, 1.54) is 39.6 Å². The second-order valence-electron chi connectivity index (χ2n) is 9.23. The number of aliphatic hydroxyl groups is 1. The lowest BCUT2D eigenvalue weighted by atomic mass is 9.85. The molecule has 12 heteroatoms. The molecule has 5 rings (SSSR count). The van der Waals surface area contributed by atoms with Crippen LogP contribution in [0.4, 0.5) is 8.78 Å². The summed E-state index contributed by atoms with van der Waals surface area (Å²) in [5.74, 6) is -2.12. The smallest absolute Gasteiger partial charge is 0.274 e. The monoisotopic (exact) mass is 570 g/mol. The highest BCUT2D eigenvalue weighted by Crippen LogP contribution is 2.34. The molecule has 202 valence electrons. The molecule has 8 nitrogen and oxygen atoms in total. The molecule has 0 saturated carbocycles. The Bertz CT molecular complexity index is 1570. The summed E-state index contributed by atoms with van der Waals surface area (Å²) in [4.78, 5) is 25.3. The minimum absolute atomic E-state index is 0.153.